The van der Waals surface area contributed by atoms with E-state index in [9.17, 15) is 18.4 Å². The van der Waals surface area contributed by atoms with Gasteiger partial charge in [0.25, 0.3) is 0 Å². The zero-order valence-corrected chi connectivity index (χ0v) is 11.2. The summed E-state index contributed by atoms with van der Waals surface area (Å²) in [6.45, 7) is 1.20. The predicted octanol–water partition coefficient (Wildman–Crippen LogP) is 2.76. The molecule has 0 radical (unpaired) electrons. The van der Waals surface area contributed by atoms with Gasteiger partial charge in [0.1, 0.15) is 0 Å². The first-order valence-corrected chi connectivity index (χ1v) is 6.00. The molecule has 0 atom stereocenters. The maximum Gasteiger partial charge on any atom is 0.400 e. The number of halogens is 3. The molecule has 0 N–H and O–H groups in total. The lowest BCUT2D eigenvalue weighted by Gasteiger charge is -2.13. The van der Waals surface area contributed by atoms with E-state index in [1.807, 2.05) is 0 Å². The van der Waals surface area contributed by atoms with Gasteiger partial charge in [0.05, 0.1) is 6.61 Å². The average molecular weight is 321 g/mol. The Balaban J connectivity index is 2.79. The SMILES string of the molecule is CCOC(=O)C(F)(F)C(=O)Cc1cccc(Br)c1. The molecule has 0 amide bonds. The normalized spacial score (nSPS) is 11.1. The van der Waals surface area contributed by atoms with Crippen molar-refractivity contribution in [3.8, 4) is 0 Å². The molecule has 0 unspecified atom stereocenters. The van der Waals surface area contributed by atoms with Gasteiger partial charge in [0.2, 0.25) is 5.78 Å². The lowest BCUT2D eigenvalue weighted by Crippen LogP contribution is -2.40. The molecule has 1 rings (SSSR count). The molecule has 0 aromatic heterocycles. The molecule has 3 nitrogen and oxygen atoms in total. The summed E-state index contributed by atoms with van der Waals surface area (Å²) in [5, 5.41) is 0. The number of carbonyl (C=O) groups is 2. The first-order valence-electron chi connectivity index (χ1n) is 5.20. The van der Waals surface area contributed by atoms with E-state index in [0.29, 0.717) is 10.0 Å². The largest absolute Gasteiger partial charge is 0.461 e. The minimum atomic E-state index is -4.10. The summed E-state index contributed by atoms with van der Waals surface area (Å²) in [6.07, 6.45) is -0.523. The van der Waals surface area contributed by atoms with Gasteiger partial charge in [-0.2, -0.15) is 8.78 Å². The second-order valence-corrected chi connectivity index (χ2v) is 4.44. The topological polar surface area (TPSA) is 43.4 Å². The monoisotopic (exact) mass is 320 g/mol. The summed E-state index contributed by atoms with van der Waals surface area (Å²) in [5.41, 5.74) is 0.401. The van der Waals surface area contributed by atoms with Crippen molar-refractivity contribution in [3.05, 3.63) is 34.3 Å². The van der Waals surface area contributed by atoms with Crippen molar-refractivity contribution in [3.63, 3.8) is 0 Å². The van der Waals surface area contributed by atoms with Crippen LogP contribution in [0.4, 0.5) is 8.78 Å². The Morgan fingerprint density at radius 1 is 1.39 bits per heavy atom. The summed E-state index contributed by atoms with van der Waals surface area (Å²) < 4.78 is 31.5. The van der Waals surface area contributed by atoms with Crippen molar-refractivity contribution in [2.75, 3.05) is 6.61 Å². The Bertz CT molecular complexity index is 460. The molecule has 6 heteroatoms. The van der Waals surface area contributed by atoms with Gasteiger partial charge in [-0.1, -0.05) is 28.1 Å². The maximum absolute atomic E-state index is 13.3. The highest BCUT2D eigenvalue weighted by atomic mass is 79.9. The molecule has 0 heterocycles. The van der Waals surface area contributed by atoms with Crippen LogP contribution in [0.1, 0.15) is 12.5 Å². The van der Waals surface area contributed by atoms with Crippen LogP contribution < -0.4 is 0 Å². The van der Waals surface area contributed by atoms with Crippen LogP contribution >= 0.6 is 15.9 Å². The van der Waals surface area contributed by atoms with Crippen LogP contribution in [0.3, 0.4) is 0 Å². The molecule has 0 aliphatic heterocycles. The first-order chi connectivity index (χ1) is 8.37. The fourth-order valence-electron chi connectivity index (χ4n) is 1.28. The number of hydrogen-bond donors (Lipinski definition) is 0. The number of rotatable bonds is 5. The van der Waals surface area contributed by atoms with E-state index in [-0.39, 0.29) is 6.61 Å². The summed E-state index contributed by atoms with van der Waals surface area (Å²) in [7, 11) is 0. The number of alkyl halides is 2. The Morgan fingerprint density at radius 2 is 2.06 bits per heavy atom. The third kappa shape index (κ3) is 3.60. The van der Waals surface area contributed by atoms with E-state index < -0.39 is 24.1 Å². The zero-order valence-electron chi connectivity index (χ0n) is 9.58. The lowest BCUT2D eigenvalue weighted by molar-refractivity contribution is -0.176. The molecule has 0 saturated heterocycles. The van der Waals surface area contributed by atoms with E-state index >= 15 is 0 Å². The predicted molar refractivity (Wildman–Crippen MR) is 64.4 cm³/mol. The van der Waals surface area contributed by atoms with Crippen LogP contribution in [0.15, 0.2) is 28.7 Å². The summed E-state index contributed by atoms with van der Waals surface area (Å²) >= 11 is 3.17. The Morgan fingerprint density at radius 3 is 2.61 bits per heavy atom. The number of Topliss-reactive ketones (excluding diaryl/α,β-unsaturated/α-hetero) is 1. The van der Waals surface area contributed by atoms with Crippen LogP contribution in [0.5, 0.6) is 0 Å². The van der Waals surface area contributed by atoms with Gasteiger partial charge in [0.15, 0.2) is 0 Å². The van der Waals surface area contributed by atoms with E-state index in [2.05, 4.69) is 20.7 Å². The van der Waals surface area contributed by atoms with E-state index in [4.69, 9.17) is 0 Å². The van der Waals surface area contributed by atoms with Gasteiger partial charge in [-0.3, -0.25) is 4.79 Å². The van der Waals surface area contributed by atoms with Crippen molar-refractivity contribution >= 4 is 27.7 Å². The highest BCUT2D eigenvalue weighted by Gasteiger charge is 2.48. The minimum Gasteiger partial charge on any atom is -0.461 e. The second kappa shape index (κ2) is 6.04. The van der Waals surface area contributed by atoms with Crippen molar-refractivity contribution in [1.82, 2.24) is 0 Å². The second-order valence-electron chi connectivity index (χ2n) is 3.52. The molecule has 0 spiro atoms. The number of ether oxygens (including phenoxy) is 1. The van der Waals surface area contributed by atoms with Gasteiger partial charge in [-0.15, -0.1) is 0 Å². The molecule has 98 valence electrons. The highest BCUT2D eigenvalue weighted by molar-refractivity contribution is 9.10. The van der Waals surface area contributed by atoms with Gasteiger partial charge in [-0.25, -0.2) is 4.79 Å². The van der Waals surface area contributed by atoms with E-state index in [1.165, 1.54) is 13.0 Å². The number of benzene rings is 1. The van der Waals surface area contributed by atoms with Crippen LogP contribution in [0.25, 0.3) is 0 Å². The van der Waals surface area contributed by atoms with Crippen molar-refractivity contribution in [2.45, 2.75) is 19.3 Å². The van der Waals surface area contributed by atoms with E-state index in [1.54, 1.807) is 18.2 Å². The third-order valence-electron chi connectivity index (χ3n) is 2.14. The van der Waals surface area contributed by atoms with Crippen LogP contribution in [0, 0.1) is 0 Å². The molecule has 0 bridgehead atoms. The van der Waals surface area contributed by atoms with Gasteiger partial charge in [0, 0.05) is 10.9 Å². The molecule has 0 aliphatic carbocycles. The number of ketones is 1. The summed E-state index contributed by atoms with van der Waals surface area (Å²) in [5.74, 6) is -7.37. The van der Waals surface area contributed by atoms with Crippen molar-refractivity contribution < 1.29 is 23.1 Å². The number of carbonyl (C=O) groups excluding carboxylic acids is 2. The summed E-state index contributed by atoms with van der Waals surface area (Å²) in [6, 6.07) is 6.40. The van der Waals surface area contributed by atoms with Crippen molar-refractivity contribution in [2.24, 2.45) is 0 Å². The zero-order chi connectivity index (χ0) is 13.8. The molecule has 1 aromatic rings. The fraction of sp³-hybridized carbons (Fsp3) is 0.333. The van der Waals surface area contributed by atoms with E-state index in [0.717, 1.165) is 0 Å². The van der Waals surface area contributed by atoms with Gasteiger partial charge in [-0.05, 0) is 24.6 Å². The maximum atomic E-state index is 13.3. The molecule has 1 aromatic carbocycles. The van der Waals surface area contributed by atoms with Crippen LogP contribution in [-0.4, -0.2) is 24.3 Å². The minimum absolute atomic E-state index is 0.196. The lowest BCUT2D eigenvalue weighted by atomic mass is 10.1. The smallest absolute Gasteiger partial charge is 0.400 e. The molecule has 0 saturated carbocycles. The molecule has 0 fully saturated rings. The highest BCUT2D eigenvalue weighted by Crippen LogP contribution is 2.21. The first kappa shape index (κ1) is 14.8. The number of hydrogen-bond acceptors (Lipinski definition) is 3. The van der Waals surface area contributed by atoms with Crippen LogP contribution in [0.2, 0.25) is 0 Å². The molecular formula is C12H11BrF2O3. The molecule has 0 aliphatic rings. The quantitative estimate of drug-likeness (QED) is 0.619. The number of esters is 1. The Kier molecular flexibility index (Phi) is 4.95. The van der Waals surface area contributed by atoms with Gasteiger partial charge < -0.3 is 4.74 Å². The molecular weight excluding hydrogens is 310 g/mol. The van der Waals surface area contributed by atoms with Gasteiger partial charge >= 0.3 is 11.9 Å². The van der Waals surface area contributed by atoms with Crippen molar-refractivity contribution in [1.29, 1.82) is 0 Å². The Labute approximate surface area is 111 Å². The summed E-state index contributed by atoms with van der Waals surface area (Å²) in [4.78, 5) is 22.4. The standard InChI is InChI=1S/C12H11BrF2O3/c1-2-18-11(17)12(14,15)10(16)7-8-4-3-5-9(13)6-8/h3-6H,2,7H2,1H3. The third-order valence-corrected chi connectivity index (χ3v) is 2.63. The van der Waals surface area contributed by atoms with Crippen LogP contribution in [-0.2, 0) is 20.7 Å². The average Bonchev–Trinajstić information content (AvgIpc) is 2.29. The Hall–Kier alpha value is -1.30. The molecule has 18 heavy (non-hydrogen) atoms. The fourth-order valence-corrected chi connectivity index (χ4v) is 1.73.